The number of likely N-dealkylation sites (N-methyl/N-ethyl adjacent to an activating group) is 1. The van der Waals surface area contributed by atoms with E-state index in [1.54, 1.807) is 9.80 Å². The molecule has 0 bridgehead atoms. The highest BCUT2D eigenvalue weighted by molar-refractivity contribution is 7.71. The molecule has 0 spiro atoms. The summed E-state index contributed by atoms with van der Waals surface area (Å²) in [5.74, 6) is 0.900. The maximum Gasteiger partial charge on any atom is 0.199 e. The molecule has 1 aliphatic rings. The van der Waals surface area contributed by atoms with Gasteiger partial charge in [0.2, 0.25) is 0 Å². The van der Waals surface area contributed by atoms with Crippen molar-refractivity contribution in [2.45, 2.75) is 6.42 Å². The minimum Gasteiger partial charge on any atom is -0.369 e. The smallest absolute Gasteiger partial charge is 0.199 e. The van der Waals surface area contributed by atoms with Crippen LogP contribution in [0.4, 0.5) is 5.82 Å². The summed E-state index contributed by atoms with van der Waals surface area (Å²) in [6.45, 7) is 7.36. The number of aromatic nitrogens is 2. The molecule has 0 amide bonds. The van der Waals surface area contributed by atoms with Gasteiger partial charge in [0, 0.05) is 18.4 Å². The molecule has 5 nitrogen and oxygen atoms in total. The first-order valence-corrected chi connectivity index (χ1v) is 8.51. The molecule has 4 N–H and O–H groups in total. The molecule has 6 heteroatoms. The van der Waals surface area contributed by atoms with Gasteiger partial charge in [0.1, 0.15) is 32.0 Å². The van der Waals surface area contributed by atoms with Crippen molar-refractivity contribution in [3.63, 3.8) is 0 Å². The molecule has 2 heterocycles. The molecule has 0 atom stereocenters. The largest absolute Gasteiger partial charge is 0.369 e. The molecule has 1 aromatic carbocycles. The van der Waals surface area contributed by atoms with Crippen molar-refractivity contribution in [1.82, 2.24) is 9.97 Å². The fourth-order valence-electron chi connectivity index (χ4n) is 3.06. The van der Waals surface area contributed by atoms with Gasteiger partial charge in [-0.05, 0) is 24.4 Å². The minimum absolute atomic E-state index is 0.536. The lowest BCUT2D eigenvalue weighted by molar-refractivity contribution is -1.00. The van der Waals surface area contributed by atoms with Crippen molar-refractivity contribution < 1.29 is 9.80 Å². The van der Waals surface area contributed by atoms with Crippen LogP contribution in [0.1, 0.15) is 6.42 Å². The Labute approximate surface area is 136 Å². The number of H-pyrrole nitrogens is 1. The van der Waals surface area contributed by atoms with E-state index in [4.69, 9.17) is 12.2 Å². The summed E-state index contributed by atoms with van der Waals surface area (Å²) in [7, 11) is 2.29. The van der Waals surface area contributed by atoms with Crippen molar-refractivity contribution in [1.29, 1.82) is 0 Å². The van der Waals surface area contributed by atoms with Crippen LogP contribution in [0, 0.1) is 4.77 Å². The predicted octanol–water partition coefficient (Wildman–Crippen LogP) is -0.492. The topological polar surface area (TPSA) is 49.6 Å². The Balaban J connectivity index is 1.55. The Bertz CT molecular complexity index is 676. The lowest BCUT2D eigenvalue weighted by Crippen LogP contribution is -3.27. The first kappa shape index (κ1) is 15.4. The molecule has 3 rings (SSSR count). The quantitative estimate of drug-likeness (QED) is 0.444. The molecular weight excluding hydrogens is 294 g/mol. The monoisotopic (exact) mass is 319 g/mol. The van der Waals surface area contributed by atoms with Gasteiger partial charge in [0.15, 0.2) is 4.77 Å². The predicted molar refractivity (Wildman–Crippen MR) is 92.2 cm³/mol. The molecule has 0 radical (unpaired) electrons. The number of rotatable bonds is 5. The summed E-state index contributed by atoms with van der Waals surface area (Å²) >= 11 is 5.21. The van der Waals surface area contributed by atoms with E-state index in [1.807, 2.05) is 18.2 Å². The van der Waals surface area contributed by atoms with E-state index in [0.29, 0.717) is 4.77 Å². The van der Waals surface area contributed by atoms with Gasteiger partial charge in [-0.15, -0.1) is 0 Å². The van der Waals surface area contributed by atoms with Crippen molar-refractivity contribution in [3.8, 4) is 0 Å². The maximum atomic E-state index is 5.21. The lowest BCUT2D eigenvalue weighted by Gasteiger charge is -2.27. The van der Waals surface area contributed by atoms with Gasteiger partial charge < -0.3 is 20.1 Å². The van der Waals surface area contributed by atoms with Crippen LogP contribution in [0.5, 0.6) is 0 Å². The highest BCUT2D eigenvalue weighted by Crippen LogP contribution is 2.18. The average molecular weight is 319 g/mol. The summed E-state index contributed by atoms with van der Waals surface area (Å²) in [5, 5.41) is 4.56. The Morgan fingerprint density at radius 2 is 2.00 bits per heavy atom. The third-order valence-electron chi connectivity index (χ3n) is 4.45. The van der Waals surface area contributed by atoms with Gasteiger partial charge in [-0.25, -0.2) is 4.98 Å². The van der Waals surface area contributed by atoms with E-state index in [1.165, 1.54) is 32.7 Å². The molecule has 0 unspecified atom stereocenters. The van der Waals surface area contributed by atoms with E-state index in [2.05, 4.69) is 28.4 Å². The summed E-state index contributed by atoms with van der Waals surface area (Å²) in [4.78, 5) is 11.0. The third-order valence-corrected chi connectivity index (χ3v) is 4.64. The van der Waals surface area contributed by atoms with E-state index in [0.717, 1.165) is 29.7 Å². The van der Waals surface area contributed by atoms with E-state index in [-0.39, 0.29) is 0 Å². The van der Waals surface area contributed by atoms with E-state index < -0.39 is 0 Å². The Hall–Kier alpha value is -1.50. The number of piperazine rings is 1. The van der Waals surface area contributed by atoms with Gasteiger partial charge in [0.05, 0.1) is 19.1 Å². The van der Waals surface area contributed by atoms with E-state index in [9.17, 15) is 0 Å². The SMILES string of the molecule is C[NH+]1CC[NH+](CCCNc2nc(=S)[nH]c3ccccc23)CC1. The molecule has 1 saturated heterocycles. The van der Waals surface area contributed by atoms with Crippen LogP contribution in [-0.4, -0.2) is 56.3 Å². The second-order valence-corrected chi connectivity index (χ2v) is 6.56. The molecular formula is C16H25N5S+2. The lowest BCUT2D eigenvalue weighted by atomic mass is 10.2. The molecule has 1 aromatic heterocycles. The van der Waals surface area contributed by atoms with Crippen LogP contribution >= 0.6 is 12.2 Å². The van der Waals surface area contributed by atoms with Gasteiger partial charge in [-0.3, -0.25) is 0 Å². The second-order valence-electron chi connectivity index (χ2n) is 6.17. The van der Waals surface area contributed by atoms with Crippen molar-refractivity contribution >= 4 is 28.9 Å². The molecule has 118 valence electrons. The van der Waals surface area contributed by atoms with Gasteiger partial charge in [-0.2, -0.15) is 0 Å². The number of anilines is 1. The summed E-state index contributed by atoms with van der Waals surface area (Å²) in [5.41, 5.74) is 1.04. The summed E-state index contributed by atoms with van der Waals surface area (Å²) in [6.07, 6.45) is 1.16. The van der Waals surface area contributed by atoms with Crippen LogP contribution in [0.2, 0.25) is 0 Å². The third kappa shape index (κ3) is 3.82. The fourth-order valence-corrected chi connectivity index (χ4v) is 3.27. The number of aromatic amines is 1. The number of fused-ring (bicyclic) bond motifs is 1. The van der Waals surface area contributed by atoms with Crippen molar-refractivity contribution in [3.05, 3.63) is 29.0 Å². The average Bonchev–Trinajstić information content (AvgIpc) is 2.53. The summed E-state index contributed by atoms with van der Waals surface area (Å²) in [6, 6.07) is 8.15. The van der Waals surface area contributed by atoms with Crippen molar-refractivity contribution in [2.24, 2.45) is 0 Å². The number of para-hydroxylation sites is 1. The maximum absolute atomic E-state index is 5.21. The van der Waals surface area contributed by atoms with Crippen LogP contribution < -0.4 is 15.1 Å². The minimum atomic E-state index is 0.536. The Morgan fingerprint density at radius 1 is 1.23 bits per heavy atom. The molecule has 1 aliphatic heterocycles. The zero-order valence-corrected chi connectivity index (χ0v) is 13.9. The summed E-state index contributed by atoms with van der Waals surface area (Å²) < 4.78 is 0.536. The fraction of sp³-hybridized carbons (Fsp3) is 0.500. The first-order chi connectivity index (χ1) is 10.7. The molecule has 22 heavy (non-hydrogen) atoms. The Morgan fingerprint density at radius 3 is 2.82 bits per heavy atom. The van der Waals surface area contributed by atoms with Crippen LogP contribution in [0.15, 0.2) is 24.3 Å². The number of nitrogens with zero attached hydrogens (tertiary/aromatic N) is 1. The highest BCUT2D eigenvalue weighted by Gasteiger charge is 2.18. The van der Waals surface area contributed by atoms with Crippen LogP contribution in [-0.2, 0) is 0 Å². The van der Waals surface area contributed by atoms with Gasteiger partial charge in [0.25, 0.3) is 0 Å². The highest BCUT2D eigenvalue weighted by atomic mass is 32.1. The number of hydrogen-bond donors (Lipinski definition) is 4. The first-order valence-electron chi connectivity index (χ1n) is 8.10. The van der Waals surface area contributed by atoms with E-state index >= 15 is 0 Å². The van der Waals surface area contributed by atoms with Gasteiger partial charge in [-0.1, -0.05) is 12.1 Å². The molecule has 2 aromatic rings. The molecule has 0 saturated carbocycles. The molecule has 0 aliphatic carbocycles. The zero-order chi connectivity index (χ0) is 15.4. The number of quaternary nitrogens is 2. The van der Waals surface area contributed by atoms with Gasteiger partial charge >= 0.3 is 0 Å². The van der Waals surface area contributed by atoms with Crippen molar-refractivity contribution in [2.75, 3.05) is 51.6 Å². The second kappa shape index (κ2) is 7.17. The standard InChI is InChI=1S/C16H23N5S/c1-20-9-11-21(12-10-20)8-4-7-17-15-13-5-2-3-6-14(13)18-16(22)19-15/h2-3,5-6H,4,7-12H2,1H3,(H2,17,18,19,22)/p+2. The number of hydrogen-bond acceptors (Lipinski definition) is 3. The molecule has 1 fully saturated rings. The normalized spacial score (nSPS) is 21.9. The number of nitrogens with one attached hydrogen (secondary N) is 4. The van der Waals surface area contributed by atoms with Crippen LogP contribution in [0.3, 0.4) is 0 Å². The zero-order valence-electron chi connectivity index (χ0n) is 13.1. The number of benzene rings is 1. The Kier molecular flexibility index (Phi) is 5.02. The van der Waals surface area contributed by atoms with Crippen LogP contribution in [0.25, 0.3) is 10.9 Å².